The predicted octanol–water partition coefficient (Wildman–Crippen LogP) is 3.18. The van der Waals surface area contributed by atoms with Gasteiger partial charge in [-0.05, 0) is 29.7 Å². The van der Waals surface area contributed by atoms with Gasteiger partial charge in [0.25, 0.3) is 5.91 Å². The Hall–Kier alpha value is -4.07. The molecule has 1 aliphatic heterocycles. The van der Waals surface area contributed by atoms with Crippen LogP contribution in [0.4, 0.5) is 4.79 Å². The number of aromatic nitrogens is 3. The topological polar surface area (TPSA) is 92.5 Å². The van der Waals surface area contributed by atoms with E-state index >= 15 is 0 Å². The summed E-state index contributed by atoms with van der Waals surface area (Å²) in [6.45, 7) is 2.48. The van der Waals surface area contributed by atoms with Crippen molar-refractivity contribution in [2.45, 2.75) is 25.4 Å². The summed E-state index contributed by atoms with van der Waals surface area (Å²) in [5.74, 6) is -0.398. The first kappa shape index (κ1) is 20.2. The van der Waals surface area contributed by atoms with Crippen LogP contribution in [0.25, 0.3) is 6.08 Å². The fraction of sp³-hybridized carbons (Fsp3) is 0.174. The van der Waals surface area contributed by atoms with Gasteiger partial charge in [-0.2, -0.15) is 5.10 Å². The lowest BCUT2D eigenvalue weighted by Gasteiger charge is -2.24. The van der Waals surface area contributed by atoms with E-state index in [9.17, 15) is 9.59 Å². The zero-order valence-corrected chi connectivity index (χ0v) is 17.0. The monoisotopic (exact) mass is 414 g/mol. The van der Waals surface area contributed by atoms with Crippen molar-refractivity contribution in [2.75, 3.05) is 0 Å². The molecule has 2 heterocycles. The first-order valence-corrected chi connectivity index (χ1v) is 9.99. The summed E-state index contributed by atoms with van der Waals surface area (Å²) >= 11 is 0. The third-order valence-corrected chi connectivity index (χ3v) is 5.15. The molecular weight excluding hydrogens is 392 g/mol. The van der Waals surface area contributed by atoms with E-state index in [1.54, 1.807) is 16.8 Å². The molecule has 8 nitrogen and oxygen atoms in total. The van der Waals surface area contributed by atoms with Crippen molar-refractivity contribution < 1.29 is 9.59 Å². The standard InChI is InChI=1S/C23H22N6O2/c1-2-23(19-12-7-4-8-13-19)21(30)29(22(31)25-23)24-15-9-14-20-17-28(27-26-20)16-18-10-5-3-6-11-18/h3-15,17H,2,16H2,1H3,(H,25,31)/b14-9+,24-15-/t23-/m0/s1. The van der Waals surface area contributed by atoms with Crippen molar-refractivity contribution in [3.8, 4) is 0 Å². The number of nitrogens with one attached hydrogen (secondary N) is 1. The third kappa shape index (κ3) is 4.13. The Kier molecular flexibility index (Phi) is 5.70. The Labute approximate surface area is 179 Å². The van der Waals surface area contributed by atoms with E-state index in [1.807, 2.05) is 73.8 Å². The molecule has 0 spiro atoms. The fourth-order valence-electron chi connectivity index (χ4n) is 3.51. The van der Waals surface area contributed by atoms with Crippen molar-refractivity contribution in [2.24, 2.45) is 5.10 Å². The van der Waals surface area contributed by atoms with Gasteiger partial charge in [-0.25, -0.2) is 9.48 Å². The van der Waals surface area contributed by atoms with Gasteiger partial charge < -0.3 is 5.32 Å². The number of amides is 3. The summed E-state index contributed by atoms with van der Waals surface area (Å²) in [7, 11) is 0. The lowest BCUT2D eigenvalue weighted by molar-refractivity contribution is -0.131. The van der Waals surface area contributed by atoms with E-state index < -0.39 is 17.5 Å². The molecule has 1 fully saturated rings. The highest BCUT2D eigenvalue weighted by molar-refractivity contribution is 6.07. The molecule has 8 heteroatoms. The first-order chi connectivity index (χ1) is 15.1. The second-order valence-electron chi connectivity index (χ2n) is 7.12. The van der Waals surface area contributed by atoms with E-state index in [4.69, 9.17) is 0 Å². The summed E-state index contributed by atoms with van der Waals surface area (Å²) in [6, 6.07) is 18.6. The van der Waals surface area contributed by atoms with Crippen LogP contribution in [0.2, 0.25) is 0 Å². The maximum absolute atomic E-state index is 13.0. The van der Waals surface area contributed by atoms with Crippen LogP contribution in [0.3, 0.4) is 0 Å². The Morgan fingerprint density at radius 3 is 2.48 bits per heavy atom. The Morgan fingerprint density at radius 2 is 1.77 bits per heavy atom. The molecule has 0 unspecified atom stereocenters. The number of carbonyl (C=O) groups is 2. The van der Waals surface area contributed by atoms with Crippen LogP contribution in [-0.2, 0) is 16.9 Å². The van der Waals surface area contributed by atoms with Gasteiger partial charge in [0.05, 0.1) is 12.7 Å². The number of nitrogens with zero attached hydrogens (tertiary/aromatic N) is 5. The Balaban J connectivity index is 1.43. The maximum atomic E-state index is 13.0. The second kappa shape index (κ2) is 8.74. The highest BCUT2D eigenvalue weighted by atomic mass is 16.2. The van der Waals surface area contributed by atoms with Crippen LogP contribution in [0.5, 0.6) is 0 Å². The van der Waals surface area contributed by atoms with Crippen molar-refractivity contribution in [3.05, 3.63) is 89.8 Å². The molecule has 31 heavy (non-hydrogen) atoms. The molecule has 4 rings (SSSR count). The zero-order valence-electron chi connectivity index (χ0n) is 17.0. The number of urea groups is 1. The molecule has 0 saturated carbocycles. The summed E-state index contributed by atoms with van der Waals surface area (Å²) < 4.78 is 1.74. The SMILES string of the molecule is CC[C@@]1(c2ccccc2)NC(=O)N(/N=C\C=C\c2cn(Cc3ccccc3)nn2)C1=O. The average Bonchev–Trinajstić information content (AvgIpc) is 3.35. The smallest absolute Gasteiger partial charge is 0.318 e. The van der Waals surface area contributed by atoms with E-state index in [-0.39, 0.29) is 0 Å². The number of carbonyl (C=O) groups excluding carboxylic acids is 2. The van der Waals surface area contributed by atoms with Gasteiger partial charge in [-0.15, -0.1) is 10.1 Å². The lowest BCUT2D eigenvalue weighted by Crippen LogP contribution is -2.43. The van der Waals surface area contributed by atoms with E-state index in [0.29, 0.717) is 18.7 Å². The average molecular weight is 414 g/mol. The molecule has 156 valence electrons. The summed E-state index contributed by atoms with van der Waals surface area (Å²) in [6.07, 6.45) is 6.95. The summed E-state index contributed by atoms with van der Waals surface area (Å²) in [4.78, 5) is 25.4. The molecule has 0 bridgehead atoms. The number of hydrazone groups is 1. The largest absolute Gasteiger partial charge is 0.346 e. The first-order valence-electron chi connectivity index (χ1n) is 9.99. The van der Waals surface area contributed by atoms with Gasteiger partial charge >= 0.3 is 6.03 Å². The summed E-state index contributed by atoms with van der Waals surface area (Å²) in [5, 5.41) is 15.9. The van der Waals surface area contributed by atoms with E-state index in [1.165, 1.54) is 6.21 Å². The number of benzene rings is 2. The molecule has 2 aromatic carbocycles. The quantitative estimate of drug-likeness (QED) is 0.475. The molecular formula is C23H22N6O2. The van der Waals surface area contributed by atoms with Crippen LogP contribution >= 0.6 is 0 Å². The summed E-state index contributed by atoms with van der Waals surface area (Å²) in [5.41, 5.74) is 1.41. The van der Waals surface area contributed by atoms with Gasteiger partial charge in [0.1, 0.15) is 11.2 Å². The van der Waals surface area contributed by atoms with Gasteiger partial charge in [0.2, 0.25) is 0 Å². The molecule has 3 aromatic rings. The normalized spacial score (nSPS) is 18.9. The highest BCUT2D eigenvalue weighted by Crippen LogP contribution is 2.32. The fourth-order valence-corrected chi connectivity index (χ4v) is 3.51. The molecule has 1 aromatic heterocycles. The lowest BCUT2D eigenvalue weighted by atomic mass is 9.87. The predicted molar refractivity (Wildman–Crippen MR) is 117 cm³/mol. The number of hydrogen-bond acceptors (Lipinski definition) is 5. The molecule has 0 aliphatic carbocycles. The highest BCUT2D eigenvalue weighted by Gasteiger charge is 2.51. The zero-order chi connectivity index (χ0) is 21.7. The van der Waals surface area contributed by atoms with Crippen LogP contribution in [0.15, 0.2) is 78.0 Å². The minimum atomic E-state index is -1.10. The van der Waals surface area contributed by atoms with Crippen molar-refractivity contribution in [3.63, 3.8) is 0 Å². The molecule has 1 aliphatic rings. The number of allylic oxidation sites excluding steroid dienone is 1. The third-order valence-electron chi connectivity index (χ3n) is 5.15. The minimum absolute atomic E-state index is 0.398. The van der Waals surface area contributed by atoms with Gasteiger partial charge in [0.15, 0.2) is 0 Å². The Bertz CT molecular complexity index is 1120. The van der Waals surface area contributed by atoms with Crippen molar-refractivity contribution in [1.82, 2.24) is 25.3 Å². The molecule has 1 atom stereocenters. The maximum Gasteiger partial charge on any atom is 0.346 e. The number of hydrogen-bond donors (Lipinski definition) is 1. The van der Waals surface area contributed by atoms with E-state index in [0.717, 1.165) is 16.1 Å². The van der Waals surface area contributed by atoms with Crippen molar-refractivity contribution >= 4 is 24.2 Å². The Morgan fingerprint density at radius 1 is 1.06 bits per heavy atom. The van der Waals surface area contributed by atoms with Crippen molar-refractivity contribution in [1.29, 1.82) is 0 Å². The second-order valence-corrected chi connectivity index (χ2v) is 7.12. The molecule has 1 saturated heterocycles. The van der Waals surface area contributed by atoms with Gasteiger partial charge in [-0.1, -0.05) is 72.8 Å². The van der Waals surface area contributed by atoms with Crippen LogP contribution in [0, 0.1) is 0 Å². The molecule has 1 N–H and O–H groups in total. The van der Waals surface area contributed by atoms with Gasteiger partial charge in [-0.3, -0.25) is 4.79 Å². The number of imide groups is 1. The van der Waals surface area contributed by atoms with E-state index in [2.05, 4.69) is 20.7 Å². The minimum Gasteiger partial charge on any atom is -0.318 e. The van der Waals surface area contributed by atoms with Crippen LogP contribution < -0.4 is 5.32 Å². The van der Waals surface area contributed by atoms with Crippen LogP contribution in [-0.4, -0.2) is 38.2 Å². The van der Waals surface area contributed by atoms with Crippen LogP contribution in [0.1, 0.15) is 30.2 Å². The molecule has 3 amide bonds. The number of rotatable bonds is 7. The molecule has 0 radical (unpaired) electrons. The van der Waals surface area contributed by atoms with Gasteiger partial charge in [0, 0.05) is 6.21 Å².